The van der Waals surface area contributed by atoms with Gasteiger partial charge >= 0.3 is 0 Å². The van der Waals surface area contributed by atoms with E-state index in [9.17, 15) is 4.91 Å². The number of nitroso groups, excluding NO2 is 1. The van der Waals surface area contributed by atoms with Crippen molar-refractivity contribution in [3.8, 4) is 5.82 Å². The van der Waals surface area contributed by atoms with Crippen molar-refractivity contribution >= 4 is 32.7 Å². The lowest BCUT2D eigenvalue weighted by Crippen LogP contribution is -1.96. The topological polar surface area (TPSA) is 60.1 Å². The molecule has 0 fully saturated rings. The first kappa shape index (κ1) is 11.0. The number of hydrogen-bond acceptors (Lipinski definition) is 4. The van der Waals surface area contributed by atoms with Gasteiger partial charge in [0.2, 0.25) is 0 Å². The van der Waals surface area contributed by atoms with E-state index in [1.807, 2.05) is 22.9 Å². The Balaban J connectivity index is 2.15. The molecule has 0 aliphatic heterocycles. The van der Waals surface area contributed by atoms with E-state index in [4.69, 9.17) is 0 Å². The highest BCUT2D eigenvalue weighted by atomic mass is 79.9. The van der Waals surface area contributed by atoms with Crippen molar-refractivity contribution in [2.24, 2.45) is 5.18 Å². The summed E-state index contributed by atoms with van der Waals surface area (Å²) in [5, 5.41) is 3.84. The van der Waals surface area contributed by atoms with Crippen molar-refractivity contribution in [2.75, 3.05) is 0 Å². The van der Waals surface area contributed by atoms with Crippen LogP contribution in [-0.2, 0) is 0 Å². The fourth-order valence-electron chi connectivity index (χ4n) is 1.76. The molecule has 0 aliphatic carbocycles. The van der Waals surface area contributed by atoms with E-state index in [2.05, 4.69) is 31.1 Å². The molecule has 18 heavy (non-hydrogen) atoms. The molecule has 0 spiro atoms. The molecule has 5 nitrogen and oxygen atoms in total. The van der Waals surface area contributed by atoms with E-state index in [0.717, 1.165) is 15.5 Å². The van der Waals surface area contributed by atoms with Gasteiger partial charge in [0.05, 0.1) is 6.20 Å². The van der Waals surface area contributed by atoms with Gasteiger partial charge in [0, 0.05) is 22.3 Å². The van der Waals surface area contributed by atoms with Crippen LogP contribution in [-0.4, -0.2) is 14.5 Å². The number of rotatable bonds is 2. The maximum atomic E-state index is 10.3. The summed E-state index contributed by atoms with van der Waals surface area (Å²) < 4.78 is 2.79. The van der Waals surface area contributed by atoms with Crippen molar-refractivity contribution < 1.29 is 0 Å². The number of pyridine rings is 2. The molecule has 3 rings (SSSR count). The minimum atomic E-state index is 0.311. The molecule has 3 aromatic rings. The third-order valence-electron chi connectivity index (χ3n) is 2.58. The summed E-state index contributed by atoms with van der Waals surface area (Å²) in [4.78, 5) is 18.9. The molecule has 3 heterocycles. The number of hydrogen-bond donors (Lipinski definition) is 0. The standard InChI is InChI=1S/C12H7BrN4O/c13-9-5-8-3-4-17(12(8)15-6-9)11-2-1-10(16-18)7-14-11/h1-7H. The zero-order chi connectivity index (χ0) is 12.5. The Kier molecular flexibility index (Phi) is 2.64. The lowest BCUT2D eigenvalue weighted by Gasteiger charge is -2.03. The summed E-state index contributed by atoms with van der Waals surface area (Å²) in [5.74, 6) is 0.701. The van der Waals surface area contributed by atoms with Gasteiger partial charge < -0.3 is 0 Å². The number of fused-ring (bicyclic) bond motifs is 1. The van der Waals surface area contributed by atoms with Gasteiger partial charge in [0.1, 0.15) is 17.2 Å². The smallest absolute Gasteiger partial charge is 0.145 e. The second-order valence-electron chi connectivity index (χ2n) is 3.72. The largest absolute Gasteiger partial charge is 0.285 e. The van der Waals surface area contributed by atoms with Crippen LogP contribution in [0, 0.1) is 4.91 Å². The Morgan fingerprint density at radius 2 is 2.06 bits per heavy atom. The normalized spacial score (nSPS) is 10.7. The van der Waals surface area contributed by atoms with Gasteiger partial charge in [-0.05, 0) is 45.4 Å². The summed E-state index contributed by atoms with van der Waals surface area (Å²) in [7, 11) is 0. The van der Waals surface area contributed by atoms with Crippen LogP contribution >= 0.6 is 15.9 Å². The third-order valence-corrected chi connectivity index (χ3v) is 3.01. The van der Waals surface area contributed by atoms with Crippen molar-refractivity contribution in [2.45, 2.75) is 0 Å². The van der Waals surface area contributed by atoms with Gasteiger partial charge in [0.15, 0.2) is 0 Å². The van der Waals surface area contributed by atoms with Crippen molar-refractivity contribution in [3.63, 3.8) is 0 Å². The molecule has 0 saturated heterocycles. The fraction of sp³-hybridized carbons (Fsp3) is 0. The van der Waals surface area contributed by atoms with Crippen LogP contribution in [0.15, 0.2) is 52.5 Å². The predicted molar refractivity (Wildman–Crippen MR) is 72.0 cm³/mol. The highest BCUT2D eigenvalue weighted by Gasteiger charge is 2.06. The maximum absolute atomic E-state index is 10.3. The molecular weight excluding hydrogens is 296 g/mol. The average Bonchev–Trinajstić information content (AvgIpc) is 2.81. The minimum absolute atomic E-state index is 0.311. The molecule has 0 N–H and O–H groups in total. The van der Waals surface area contributed by atoms with Crippen LogP contribution in [0.2, 0.25) is 0 Å². The number of halogens is 1. The van der Waals surface area contributed by atoms with Gasteiger partial charge in [-0.1, -0.05) is 0 Å². The first-order chi connectivity index (χ1) is 8.78. The summed E-state index contributed by atoms with van der Waals surface area (Å²) in [6.07, 6.45) is 5.06. The van der Waals surface area contributed by atoms with Gasteiger partial charge in [-0.15, -0.1) is 4.91 Å². The fourth-order valence-corrected chi connectivity index (χ4v) is 2.11. The molecule has 0 aliphatic rings. The van der Waals surface area contributed by atoms with Gasteiger partial charge in [0.25, 0.3) is 0 Å². The van der Waals surface area contributed by atoms with Crippen molar-refractivity contribution in [1.29, 1.82) is 0 Å². The molecule has 88 valence electrons. The molecule has 3 aromatic heterocycles. The van der Waals surface area contributed by atoms with Gasteiger partial charge in [-0.2, -0.15) is 0 Å². The second-order valence-corrected chi connectivity index (χ2v) is 4.63. The van der Waals surface area contributed by atoms with Crippen LogP contribution in [0.3, 0.4) is 0 Å². The molecule has 0 aromatic carbocycles. The van der Waals surface area contributed by atoms with Crippen LogP contribution in [0.4, 0.5) is 5.69 Å². The predicted octanol–water partition coefficient (Wildman–Crippen LogP) is 3.58. The summed E-state index contributed by atoms with van der Waals surface area (Å²) in [6.45, 7) is 0. The van der Waals surface area contributed by atoms with Crippen LogP contribution in [0.25, 0.3) is 16.9 Å². The van der Waals surface area contributed by atoms with E-state index >= 15 is 0 Å². The highest BCUT2D eigenvalue weighted by Crippen LogP contribution is 2.21. The zero-order valence-electron chi connectivity index (χ0n) is 9.12. The molecule has 6 heteroatoms. The summed E-state index contributed by atoms with van der Waals surface area (Å²) in [6, 6.07) is 7.31. The SMILES string of the molecule is O=Nc1ccc(-n2ccc3cc(Br)cnc32)nc1. The third kappa shape index (κ3) is 1.80. The highest BCUT2D eigenvalue weighted by molar-refractivity contribution is 9.10. The van der Waals surface area contributed by atoms with Gasteiger partial charge in [-0.25, -0.2) is 9.97 Å². The molecular formula is C12H7BrN4O. The van der Waals surface area contributed by atoms with Crippen molar-refractivity contribution in [3.05, 3.63) is 52.2 Å². The monoisotopic (exact) mass is 302 g/mol. The first-order valence-corrected chi connectivity index (χ1v) is 5.99. The molecule has 0 amide bonds. The van der Waals surface area contributed by atoms with Crippen LogP contribution < -0.4 is 0 Å². The number of nitrogens with zero attached hydrogens (tertiary/aromatic N) is 4. The summed E-state index contributed by atoms with van der Waals surface area (Å²) >= 11 is 3.38. The van der Waals surface area contributed by atoms with E-state index in [1.54, 1.807) is 18.3 Å². The Morgan fingerprint density at radius 1 is 1.17 bits per heavy atom. The van der Waals surface area contributed by atoms with Gasteiger partial charge in [-0.3, -0.25) is 4.57 Å². The average molecular weight is 303 g/mol. The Bertz CT molecular complexity index is 721. The summed E-state index contributed by atoms with van der Waals surface area (Å²) in [5.41, 5.74) is 1.13. The minimum Gasteiger partial charge on any atom is -0.285 e. The molecule has 0 radical (unpaired) electrons. The van der Waals surface area contributed by atoms with E-state index in [0.29, 0.717) is 11.5 Å². The molecule has 0 bridgehead atoms. The lowest BCUT2D eigenvalue weighted by molar-refractivity contribution is 1.02. The number of aromatic nitrogens is 3. The molecule has 0 unspecified atom stereocenters. The Morgan fingerprint density at radius 3 is 2.78 bits per heavy atom. The molecule has 0 atom stereocenters. The second kappa shape index (κ2) is 4.30. The Labute approximate surface area is 111 Å². The molecule has 0 saturated carbocycles. The lowest BCUT2D eigenvalue weighted by atomic mass is 10.3. The van der Waals surface area contributed by atoms with E-state index < -0.39 is 0 Å². The zero-order valence-corrected chi connectivity index (χ0v) is 10.7. The van der Waals surface area contributed by atoms with Crippen LogP contribution in [0.5, 0.6) is 0 Å². The Hall–Kier alpha value is -2.08. The van der Waals surface area contributed by atoms with Crippen LogP contribution in [0.1, 0.15) is 0 Å². The van der Waals surface area contributed by atoms with Crippen molar-refractivity contribution in [1.82, 2.24) is 14.5 Å². The maximum Gasteiger partial charge on any atom is 0.145 e. The van der Waals surface area contributed by atoms with E-state index in [1.165, 1.54) is 6.20 Å². The van der Waals surface area contributed by atoms with E-state index in [-0.39, 0.29) is 0 Å². The first-order valence-electron chi connectivity index (χ1n) is 5.20. The quantitative estimate of drug-likeness (QED) is 0.680.